The molecular weight excluding hydrogens is 280 g/mol. The van der Waals surface area contributed by atoms with Crippen LogP contribution >= 0.6 is 22.7 Å². The zero-order valence-corrected chi connectivity index (χ0v) is 12.2. The van der Waals surface area contributed by atoms with Crippen LogP contribution in [0.3, 0.4) is 0 Å². The van der Waals surface area contributed by atoms with E-state index in [1.54, 1.807) is 11.1 Å². The zero-order valence-electron chi connectivity index (χ0n) is 10.6. The SMILES string of the molecule is C1=CC2c3cscc3C3=CC=C4C(=C1c1cscc14)C32. The molecule has 4 aliphatic carbocycles. The molecule has 2 aromatic heterocycles. The molecule has 2 heteroatoms. The molecule has 0 amide bonds. The number of fused-ring (bicyclic) bond motifs is 6. The van der Waals surface area contributed by atoms with Gasteiger partial charge in [-0.1, -0.05) is 24.3 Å². The molecule has 0 spiro atoms. The Morgan fingerprint density at radius 2 is 1.70 bits per heavy atom. The maximum atomic E-state index is 2.44. The Balaban J connectivity index is 1.74. The van der Waals surface area contributed by atoms with Crippen molar-refractivity contribution in [2.24, 2.45) is 5.92 Å². The number of rotatable bonds is 0. The molecule has 0 aromatic carbocycles. The molecule has 6 rings (SSSR count). The summed E-state index contributed by atoms with van der Waals surface area (Å²) in [6.07, 6.45) is 9.53. The van der Waals surface area contributed by atoms with Crippen molar-refractivity contribution in [2.75, 3.05) is 0 Å². The summed E-state index contributed by atoms with van der Waals surface area (Å²) in [5.41, 5.74) is 12.0. The van der Waals surface area contributed by atoms with Crippen LogP contribution in [0.2, 0.25) is 0 Å². The average Bonchev–Trinajstić information content (AvgIpc) is 3.18. The number of allylic oxidation sites excluding steroid dienone is 8. The second kappa shape index (κ2) is 3.16. The van der Waals surface area contributed by atoms with Crippen molar-refractivity contribution in [1.29, 1.82) is 0 Å². The molecule has 0 N–H and O–H groups in total. The Hall–Kier alpha value is -1.64. The molecule has 0 fully saturated rings. The monoisotopic (exact) mass is 290 g/mol. The fraction of sp³-hybridized carbons (Fsp3) is 0.111. The highest BCUT2D eigenvalue weighted by atomic mass is 32.1. The molecule has 20 heavy (non-hydrogen) atoms. The maximum Gasteiger partial charge on any atom is 0.0212 e. The van der Waals surface area contributed by atoms with E-state index in [9.17, 15) is 0 Å². The van der Waals surface area contributed by atoms with Gasteiger partial charge >= 0.3 is 0 Å². The van der Waals surface area contributed by atoms with E-state index in [1.165, 1.54) is 33.4 Å². The Morgan fingerprint density at radius 1 is 0.850 bits per heavy atom. The van der Waals surface area contributed by atoms with E-state index in [2.05, 4.69) is 45.8 Å². The van der Waals surface area contributed by atoms with Crippen molar-refractivity contribution < 1.29 is 0 Å². The number of thiophene rings is 2. The molecule has 0 saturated carbocycles. The predicted molar refractivity (Wildman–Crippen MR) is 86.9 cm³/mol. The molecule has 2 aromatic rings. The van der Waals surface area contributed by atoms with Gasteiger partial charge < -0.3 is 0 Å². The van der Waals surface area contributed by atoms with Crippen molar-refractivity contribution in [2.45, 2.75) is 5.92 Å². The van der Waals surface area contributed by atoms with Gasteiger partial charge in [0, 0.05) is 23.0 Å². The molecule has 94 valence electrons. The van der Waals surface area contributed by atoms with Crippen LogP contribution in [0.25, 0.3) is 16.7 Å². The molecule has 4 aliphatic rings. The number of hydrogen-bond acceptors (Lipinski definition) is 2. The van der Waals surface area contributed by atoms with Gasteiger partial charge in [0.1, 0.15) is 0 Å². The highest BCUT2D eigenvalue weighted by Gasteiger charge is 2.45. The third-order valence-electron chi connectivity index (χ3n) is 5.09. The lowest BCUT2D eigenvalue weighted by atomic mass is 9.75. The normalized spacial score (nSPS) is 27.2. The second-order valence-corrected chi connectivity index (χ2v) is 7.32. The minimum Gasteiger partial charge on any atom is -0.151 e. The zero-order chi connectivity index (χ0) is 12.8. The summed E-state index contributed by atoms with van der Waals surface area (Å²) in [4.78, 5) is 0. The van der Waals surface area contributed by atoms with Gasteiger partial charge in [-0.2, -0.15) is 22.7 Å². The third-order valence-corrected chi connectivity index (χ3v) is 6.60. The van der Waals surface area contributed by atoms with Crippen LogP contribution in [0.5, 0.6) is 0 Å². The Labute approximate surface area is 125 Å². The predicted octanol–water partition coefficient (Wildman–Crippen LogP) is 5.34. The lowest BCUT2D eigenvalue weighted by Crippen LogP contribution is -2.14. The van der Waals surface area contributed by atoms with Crippen molar-refractivity contribution in [1.82, 2.24) is 0 Å². The highest BCUT2D eigenvalue weighted by molar-refractivity contribution is 7.08. The summed E-state index contributed by atoms with van der Waals surface area (Å²) in [5.74, 6) is 1.14. The topological polar surface area (TPSA) is 0 Å². The molecule has 2 atom stereocenters. The summed E-state index contributed by atoms with van der Waals surface area (Å²) in [5, 5.41) is 9.30. The van der Waals surface area contributed by atoms with Crippen LogP contribution < -0.4 is 0 Å². The molecule has 0 aliphatic heterocycles. The highest BCUT2D eigenvalue weighted by Crippen LogP contribution is 2.62. The van der Waals surface area contributed by atoms with Gasteiger partial charge in [-0.25, -0.2) is 0 Å². The minimum atomic E-state index is 0.567. The summed E-state index contributed by atoms with van der Waals surface area (Å²) < 4.78 is 0. The lowest BCUT2D eigenvalue weighted by Gasteiger charge is -2.28. The average molecular weight is 290 g/mol. The molecule has 2 heterocycles. The van der Waals surface area contributed by atoms with E-state index in [4.69, 9.17) is 0 Å². The summed E-state index contributed by atoms with van der Waals surface area (Å²) in [6, 6.07) is 0. The summed E-state index contributed by atoms with van der Waals surface area (Å²) >= 11 is 3.66. The minimum absolute atomic E-state index is 0.567. The fourth-order valence-corrected chi connectivity index (χ4v) is 6.06. The molecule has 0 bridgehead atoms. The largest absolute Gasteiger partial charge is 0.151 e. The van der Waals surface area contributed by atoms with Gasteiger partial charge in [0.2, 0.25) is 0 Å². The molecule has 0 saturated heterocycles. The standard InChI is InChI=1S/C18H10S2/c1-2-10-14-6-20-8-16(14)12-4-3-11-15-7-19-5-13(15)9(1)17(11)18(10)12/h1-9,17H. The molecule has 0 radical (unpaired) electrons. The van der Waals surface area contributed by atoms with Crippen LogP contribution in [0.1, 0.15) is 28.2 Å². The number of hydrogen-bond donors (Lipinski definition) is 0. The summed E-state index contributed by atoms with van der Waals surface area (Å²) in [6.45, 7) is 0. The van der Waals surface area contributed by atoms with E-state index in [0.29, 0.717) is 11.8 Å². The van der Waals surface area contributed by atoms with E-state index >= 15 is 0 Å². The first kappa shape index (κ1) is 10.1. The van der Waals surface area contributed by atoms with Crippen molar-refractivity contribution in [3.63, 3.8) is 0 Å². The van der Waals surface area contributed by atoms with Crippen molar-refractivity contribution >= 4 is 39.4 Å². The maximum absolute atomic E-state index is 2.44. The van der Waals surface area contributed by atoms with Crippen molar-refractivity contribution in [3.8, 4) is 0 Å². The third kappa shape index (κ3) is 0.932. The van der Waals surface area contributed by atoms with Gasteiger partial charge in [-0.05, 0) is 54.9 Å². The van der Waals surface area contributed by atoms with E-state index < -0.39 is 0 Å². The second-order valence-electron chi connectivity index (χ2n) is 5.83. The lowest BCUT2D eigenvalue weighted by molar-refractivity contribution is 0.733. The van der Waals surface area contributed by atoms with Gasteiger partial charge in [0.25, 0.3) is 0 Å². The van der Waals surface area contributed by atoms with Crippen molar-refractivity contribution in [3.05, 3.63) is 73.7 Å². The van der Waals surface area contributed by atoms with Gasteiger partial charge in [0.15, 0.2) is 0 Å². The Kier molecular flexibility index (Phi) is 1.60. The summed E-state index contributed by atoms with van der Waals surface area (Å²) in [7, 11) is 0. The molecular formula is C18H10S2. The van der Waals surface area contributed by atoms with Crippen LogP contribution in [0.15, 0.2) is 51.4 Å². The van der Waals surface area contributed by atoms with E-state index in [0.717, 1.165) is 0 Å². The van der Waals surface area contributed by atoms with Crippen LogP contribution in [-0.2, 0) is 0 Å². The Bertz CT molecular complexity index is 911. The van der Waals surface area contributed by atoms with E-state index in [1.807, 2.05) is 22.7 Å². The first-order valence-electron chi connectivity index (χ1n) is 6.91. The van der Waals surface area contributed by atoms with Gasteiger partial charge in [-0.15, -0.1) is 0 Å². The first-order valence-corrected chi connectivity index (χ1v) is 8.80. The van der Waals surface area contributed by atoms with Gasteiger partial charge in [-0.3, -0.25) is 0 Å². The van der Waals surface area contributed by atoms with Crippen LogP contribution in [-0.4, -0.2) is 0 Å². The molecule has 0 nitrogen and oxygen atoms in total. The fourth-order valence-electron chi connectivity index (χ4n) is 4.30. The first-order chi connectivity index (χ1) is 9.93. The van der Waals surface area contributed by atoms with E-state index in [-0.39, 0.29) is 0 Å². The molecule has 2 unspecified atom stereocenters. The Morgan fingerprint density at radius 3 is 2.70 bits per heavy atom. The van der Waals surface area contributed by atoms with Crippen LogP contribution in [0, 0.1) is 5.92 Å². The van der Waals surface area contributed by atoms with Crippen LogP contribution in [0.4, 0.5) is 0 Å². The smallest absolute Gasteiger partial charge is 0.0212 e. The quantitative estimate of drug-likeness (QED) is 0.614. The van der Waals surface area contributed by atoms with Gasteiger partial charge in [0.05, 0.1) is 0 Å².